The van der Waals surface area contributed by atoms with Crippen molar-refractivity contribution in [3.05, 3.63) is 0 Å². The number of methoxy groups -OCH3 is 1. The molecule has 0 aromatic carbocycles. The molecule has 2 atom stereocenters. The lowest BCUT2D eigenvalue weighted by Gasteiger charge is -2.34. The Labute approximate surface area is 91.2 Å². The predicted molar refractivity (Wildman–Crippen MR) is 57.6 cm³/mol. The van der Waals surface area contributed by atoms with Crippen molar-refractivity contribution >= 4 is 11.6 Å². The molecule has 0 spiro atoms. The van der Waals surface area contributed by atoms with Crippen LogP contribution in [-0.2, 0) is 14.3 Å². The molecular weight excluding hydrogens is 192 g/mol. The van der Waals surface area contributed by atoms with E-state index in [1.54, 1.807) is 6.92 Å². The smallest absolute Gasteiger partial charge is 0.171 e. The highest BCUT2D eigenvalue weighted by Crippen LogP contribution is 2.37. The van der Waals surface area contributed by atoms with Gasteiger partial charge in [-0.3, -0.25) is 9.59 Å². The molecule has 86 valence electrons. The quantitative estimate of drug-likeness (QED) is 0.672. The Morgan fingerprint density at radius 1 is 1.53 bits per heavy atom. The Bertz CT molecular complexity index is 268. The van der Waals surface area contributed by atoms with Crippen LogP contribution in [0.3, 0.4) is 0 Å². The fourth-order valence-corrected chi connectivity index (χ4v) is 2.06. The Morgan fingerprint density at radius 3 is 2.67 bits per heavy atom. The molecule has 0 aromatic heterocycles. The van der Waals surface area contributed by atoms with Gasteiger partial charge in [0.25, 0.3) is 0 Å². The van der Waals surface area contributed by atoms with Gasteiger partial charge in [-0.05, 0) is 25.2 Å². The largest absolute Gasteiger partial charge is 0.374 e. The molecule has 0 radical (unpaired) electrons. The number of ether oxygens (including phenoxy) is 1. The summed E-state index contributed by atoms with van der Waals surface area (Å²) in [5, 5.41) is 0. The number of ketones is 2. The standard InChI is InChI=1S/C12H20O3/c1-8(15-4)11(14)9-7-12(2,3)6-5-10(9)13/h8-9H,5-7H2,1-4H3. The lowest BCUT2D eigenvalue weighted by molar-refractivity contribution is -0.142. The molecule has 1 aliphatic rings. The molecule has 1 rings (SSSR count). The Kier molecular flexibility index (Phi) is 3.66. The van der Waals surface area contributed by atoms with Crippen LogP contribution >= 0.6 is 0 Å². The van der Waals surface area contributed by atoms with Crippen LogP contribution in [-0.4, -0.2) is 24.8 Å². The van der Waals surface area contributed by atoms with Crippen molar-refractivity contribution in [2.24, 2.45) is 11.3 Å². The fourth-order valence-electron chi connectivity index (χ4n) is 2.06. The third-order valence-electron chi connectivity index (χ3n) is 3.29. The molecule has 0 bridgehead atoms. The Morgan fingerprint density at radius 2 is 2.13 bits per heavy atom. The highest BCUT2D eigenvalue weighted by atomic mass is 16.5. The van der Waals surface area contributed by atoms with Crippen molar-refractivity contribution in [3.8, 4) is 0 Å². The van der Waals surface area contributed by atoms with E-state index in [9.17, 15) is 9.59 Å². The van der Waals surface area contributed by atoms with Crippen LogP contribution in [0, 0.1) is 11.3 Å². The zero-order valence-electron chi connectivity index (χ0n) is 10.0. The molecule has 2 unspecified atom stereocenters. The maximum Gasteiger partial charge on any atom is 0.171 e. The van der Waals surface area contributed by atoms with Crippen LogP contribution in [0.25, 0.3) is 0 Å². The van der Waals surface area contributed by atoms with Gasteiger partial charge in [-0.15, -0.1) is 0 Å². The fraction of sp³-hybridized carbons (Fsp3) is 0.833. The average molecular weight is 212 g/mol. The topological polar surface area (TPSA) is 43.4 Å². The molecule has 1 fully saturated rings. The van der Waals surface area contributed by atoms with Crippen LogP contribution in [0.1, 0.15) is 40.0 Å². The van der Waals surface area contributed by atoms with Gasteiger partial charge in [-0.25, -0.2) is 0 Å². The molecule has 0 aromatic rings. The first-order valence-electron chi connectivity index (χ1n) is 5.46. The van der Waals surface area contributed by atoms with Gasteiger partial charge in [-0.2, -0.15) is 0 Å². The van der Waals surface area contributed by atoms with Crippen molar-refractivity contribution in [1.29, 1.82) is 0 Å². The number of carbonyl (C=O) groups is 2. The summed E-state index contributed by atoms with van der Waals surface area (Å²) >= 11 is 0. The molecule has 0 N–H and O–H groups in total. The molecule has 0 aliphatic heterocycles. The van der Waals surface area contributed by atoms with Crippen LogP contribution in [0.4, 0.5) is 0 Å². The van der Waals surface area contributed by atoms with E-state index in [1.165, 1.54) is 7.11 Å². The van der Waals surface area contributed by atoms with Crippen LogP contribution < -0.4 is 0 Å². The first-order valence-corrected chi connectivity index (χ1v) is 5.46. The minimum absolute atomic E-state index is 0.0599. The average Bonchev–Trinajstić information content (AvgIpc) is 2.19. The van der Waals surface area contributed by atoms with Crippen molar-refractivity contribution in [3.63, 3.8) is 0 Å². The lowest BCUT2D eigenvalue weighted by atomic mass is 9.70. The van der Waals surface area contributed by atoms with Gasteiger partial charge in [0.15, 0.2) is 5.78 Å². The SMILES string of the molecule is COC(C)C(=O)C1CC(C)(C)CCC1=O. The summed E-state index contributed by atoms with van der Waals surface area (Å²) in [7, 11) is 1.50. The molecule has 1 saturated carbocycles. The molecule has 0 heterocycles. The lowest BCUT2D eigenvalue weighted by Crippen LogP contribution is -2.39. The Balaban J connectivity index is 2.74. The summed E-state index contributed by atoms with van der Waals surface area (Å²) in [6.45, 7) is 5.92. The van der Waals surface area contributed by atoms with Crippen molar-refractivity contribution in [2.75, 3.05) is 7.11 Å². The van der Waals surface area contributed by atoms with Gasteiger partial charge < -0.3 is 4.74 Å². The normalized spacial score (nSPS) is 27.5. The number of carbonyl (C=O) groups excluding carboxylic acids is 2. The minimum atomic E-state index is -0.465. The van der Waals surface area contributed by atoms with Crippen molar-refractivity contribution in [1.82, 2.24) is 0 Å². The van der Waals surface area contributed by atoms with E-state index in [-0.39, 0.29) is 17.0 Å². The molecular formula is C12H20O3. The van der Waals surface area contributed by atoms with E-state index in [1.807, 2.05) is 0 Å². The molecule has 0 saturated heterocycles. The van der Waals surface area contributed by atoms with Gasteiger partial charge in [0.2, 0.25) is 0 Å². The summed E-state index contributed by atoms with van der Waals surface area (Å²) in [6.07, 6.45) is 1.61. The second kappa shape index (κ2) is 4.44. The van der Waals surface area contributed by atoms with Gasteiger partial charge >= 0.3 is 0 Å². The van der Waals surface area contributed by atoms with Crippen molar-refractivity contribution in [2.45, 2.75) is 46.1 Å². The van der Waals surface area contributed by atoms with Gasteiger partial charge in [0.1, 0.15) is 11.9 Å². The number of hydrogen-bond acceptors (Lipinski definition) is 3. The number of Topliss-reactive ketones (excluding diaryl/α,β-unsaturated/α-hetero) is 2. The van der Waals surface area contributed by atoms with E-state index >= 15 is 0 Å². The summed E-state index contributed by atoms with van der Waals surface area (Å²) < 4.78 is 4.98. The summed E-state index contributed by atoms with van der Waals surface area (Å²) in [5.41, 5.74) is 0.0989. The second-order valence-electron chi connectivity index (χ2n) is 5.17. The summed E-state index contributed by atoms with van der Waals surface area (Å²) in [4.78, 5) is 23.5. The van der Waals surface area contributed by atoms with E-state index in [4.69, 9.17) is 4.74 Å². The number of hydrogen-bond donors (Lipinski definition) is 0. The molecule has 3 nitrogen and oxygen atoms in total. The first kappa shape index (κ1) is 12.4. The van der Waals surface area contributed by atoms with Crippen LogP contribution in [0.2, 0.25) is 0 Å². The minimum Gasteiger partial charge on any atom is -0.374 e. The zero-order chi connectivity index (χ0) is 11.6. The molecule has 3 heteroatoms. The van der Waals surface area contributed by atoms with Gasteiger partial charge in [-0.1, -0.05) is 13.8 Å². The highest BCUT2D eigenvalue weighted by molar-refractivity contribution is 6.04. The maximum atomic E-state index is 11.9. The third-order valence-corrected chi connectivity index (χ3v) is 3.29. The monoisotopic (exact) mass is 212 g/mol. The zero-order valence-corrected chi connectivity index (χ0v) is 10.0. The highest BCUT2D eigenvalue weighted by Gasteiger charge is 2.39. The number of rotatable bonds is 3. The predicted octanol–water partition coefficient (Wildman–Crippen LogP) is 1.99. The molecule has 0 amide bonds. The van der Waals surface area contributed by atoms with E-state index in [2.05, 4.69) is 13.8 Å². The molecule has 15 heavy (non-hydrogen) atoms. The summed E-state index contributed by atoms with van der Waals surface area (Å²) in [5.74, 6) is -0.415. The van der Waals surface area contributed by atoms with Crippen LogP contribution in [0.5, 0.6) is 0 Å². The third kappa shape index (κ3) is 2.88. The van der Waals surface area contributed by atoms with E-state index in [0.717, 1.165) is 6.42 Å². The second-order valence-corrected chi connectivity index (χ2v) is 5.17. The summed E-state index contributed by atoms with van der Waals surface area (Å²) in [6, 6.07) is 0. The van der Waals surface area contributed by atoms with Crippen molar-refractivity contribution < 1.29 is 14.3 Å². The Hall–Kier alpha value is -0.700. The van der Waals surface area contributed by atoms with E-state index in [0.29, 0.717) is 12.8 Å². The molecule has 1 aliphatic carbocycles. The van der Waals surface area contributed by atoms with Gasteiger partial charge in [0.05, 0.1) is 5.92 Å². The first-order chi connectivity index (χ1) is 6.87. The van der Waals surface area contributed by atoms with Crippen LogP contribution in [0.15, 0.2) is 0 Å². The van der Waals surface area contributed by atoms with Gasteiger partial charge in [0, 0.05) is 13.5 Å². The maximum absolute atomic E-state index is 11.9. The van der Waals surface area contributed by atoms with E-state index < -0.39 is 12.0 Å².